The molecule has 0 spiro atoms. The minimum atomic E-state index is 0.329. The summed E-state index contributed by atoms with van der Waals surface area (Å²) in [4.78, 5) is 9.46. The van der Waals surface area contributed by atoms with Gasteiger partial charge >= 0.3 is 0 Å². The number of hydrogen-bond acceptors (Lipinski definition) is 6. The largest absolute Gasteiger partial charge is 0.380 e. The Hall–Kier alpha value is -0.980. The molecule has 2 aliphatic rings. The Labute approximate surface area is 126 Å². The molecule has 0 aliphatic carbocycles. The van der Waals surface area contributed by atoms with Gasteiger partial charge in [-0.3, -0.25) is 4.90 Å². The number of ether oxygens (including phenoxy) is 1. The summed E-state index contributed by atoms with van der Waals surface area (Å²) >= 11 is 0. The third-order valence-electron chi connectivity index (χ3n) is 4.65. The lowest BCUT2D eigenvalue weighted by Crippen LogP contribution is -2.39. The highest BCUT2D eigenvalue weighted by Gasteiger charge is 2.34. The lowest BCUT2D eigenvalue weighted by Gasteiger charge is -2.27. The van der Waals surface area contributed by atoms with Crippen molar-refractivity contribution in [1.29, 1.82) is 0 Å². The van der Waals surface area contributed by atoms with E-state index in [0.717, 1.165) is 44.2 Å². The van der Waals surface area contributed by atoms with Gasteiger partial charge in [0.05, 0.1) is 12.6 Å². The second kappa shape index (κ2) is 6.85. The van der Waals surface area contributed by atoms with Gasteiger partial charge in [0.15, 0.2) is 5.82 Å². The van der Waals surface area contributed by atoms with E-state index in [1.165, 1.54) is 25.9 Å². The average Bonchev–Trinajstić information content (AvgIpc) is 3.22. The Bertz CT molecular complexity index is 445. The lowest BCUT2D eigenvalue weighted by atomic mass is 10.2. The maximum absolute atomic E-state index is 5.58. The summed E-state index contributed by atoms with van der Waals surface area (Å²) in [5, 5.41) is 4.09. The highest BCUT2D eigenvalue weighted by molar-refractivity contribution is 4.93. The molecule has 2 fully saturated rings. The molecule has 1 aromatic rings. The summed E-state index contributed by atoms with van der Waals surface area (Å²) in [7, 11) is 1.81. The highest BCUT2D eigenvalue weighted by atomic mass is 16.5. The number of aromatic nitrogens is 2. The zero-order valence-corrected chi connectivity index (χ0v) is 13.1. The Morgan fingerprint density at radius 2 is 2.14 bits per heavy atom. The van der Waals surface area contributed by atoms with Crippen LogP contribution in [0.2, 0.25) is 0 Å². The van der Waals surface area contributed by atoms with E-state index in [0.29, 0.717) is 12.1 Å². The Morgan fingerprint density at radius 3 is 2.81 bits per heavy atom. The van der Waals surface area contributed by atoms with Gasteiger partial charge in [-0.2, -0.15) is 4.98 Å². The van der Waals surface area contributed by atoms with Gasteiger partial charge in [0.1, 0.15) is 0 Å². The molecule has 0 amide bonds. The van der Waals surface area contributed by atoms with Gasteiger partial charge in [0.25, 0.3) is 0 Å². The van der Waals surface area contributed by atoms with E-state index in [1.807, 2.05) is 14.0 Å². The van der Waals surface area contributed by atoms with Gasteiger partial charge in [0.2, 0.25) is 5.89 Å². The van der Waals surface area contributed by atoms with Crippen molar-refractivity contribution in [3.8, 4) is 0 Å². The monoisotopic (exact) mass is 294 g/mol. The fourth-order valence-electron chi connectivity index (χ4n) is 3.43. The highest BCUT2D eigenvalue weighted by Crippen LogP contribution is 2.24. The van der Waals surface area contributed by atoms with Crippen LogP contribution in [0.5, 0.6) is 0 Å². The van der Waals surface area contributed by atoms with E-state index in [2.05, 4.69) is 19.9 Å². The van der Waals surface area contributed by atoms with E-state index in [1.54, 1.807) is 0 Å². The molecule has 2 aliphatic heterocycles. The molecule has 0 N–H and O–H groups in total. The Morgan fingerprint density at radius 1 is 1.33 bits per heavy atom. The Kier molecular flexibility index (Phi) is 4.87. The molecule has 0 unspecified atom stereocenters. The van der Waals surface area contributed by atoms with Crippen LogP contribution in [-0.2, 0) is 17.7 Å². The van der Waals surface area contributed by atoms with Crippen molar-refractivity contribution in [3.63, 3.8) is 0 Å². The predicted octanol–water partition coefficient (Wildman–Crippen LogP) is 1.32. The molecule has 2 atom stereocenters. The fourth-order valence-corrected chi connectivity index (χ4v) is 3.43. The number of nitrogens with zero attached hydrogens (tertiary/aromatic N) is 4. The fraction of sp³-hybridized carbons (Fsp3) is 0.867. The topological polar surface area (TPSA) is 54.6 Å². The van der Waals surface area contributed by atoms with E-state index < -0.39 is 0 Å². The van der Waals surface area contributed by atoms with Crippen LogP contribution in [0.3, 0.4) is 0 Å². The van der Waals surface area contributed by atoms with Gasteiger partial charge in [-0.15, -0.1) is 0 Å². The first-order valence-electron chi connectivity index (χ1n) is 8.09. The van der Waals surface area contributed by atoms with E-state index in [-0.39, 0.29) is 0 Å². The summed E-state index contributed by atoms with van der Waals surface area (Å²) in [5.74, 6) is 1.53. The van der Waals surface area contributed by atoms with Crippen molar-refractivity contribution in [2.45, 2.75) is 51.3 Å². The van der Waals surface area contributed by atoms with Crippen molar-refractivity contribution in [2.75, 3.05) is 33.3 Å². The van der Waals surface area contributed by atoms with Crippen LogP contribution < -0.4 is 0 Å². The second-order valence-corrected chi connectivity index (χ2v) is 6.14. The third kappa shape index (κ3) is 3.62. The summed E-state index contributed by atoms with van der Waals surface area (Å²) in [6.07, 6.45) is 4.90. The number of rotatable bonds is 6. The van der Waals surface area contributed by atoms with Crippen LogP contribution in [0, 0.1) is 0 Å². The van der Waals surface area contributed by atoms with Gasteiger partial charge < -0.3 is 14.2 Å². The SMILES string of the molecule is CCc1nc(CN2C[C@@H](OC)C[C@H]2CN2CCCC2)no1. The molecule has 0 aromatic carbocycles. The maximum atomic E-state index is 5.58. The molecule has 118 valence electrons. The summed E-state index contributed by atoms with van der Waals surface area (Å²) in [6.45, 7) is 7.38. The normalized spacial score (nSPS) is 27.7. The zero-order chi connectivity index (χ0) is 14.7. The van der Waals surface area contributed by atoms with Crippen LogP contribution in [-0.4, -0.2) is 65.4 Å². The molecule has 0 radical (unpaired) electrons. The molecule has 2 saturated heterocycles. The number of likely N-dealkylation sites (tertiary alicyclic amines) is 2. The smallest absolute Gasteiger partial charge is 0.226 e. The molecule has 3 rings (SSSR count). The van der Waals surface area contributed by atoms with E-state index >= 15 is 0 Å². The van der Waals surface area contributed by atoms with Crippen LogP contribution in [0.25, 0.3) is 0 Å². The van der Waals surface area contributed by atoms with Crippen LogP contribution in [0.4, 0.5) is 0 Å². The summed E-state index contributed by atoms with van der Waals surface area (Å²) < 4.78 is 10.8. The minimum absolute atomic E-state index is 0.329. The lowest BCUT2D eigenvalue weighted by molar-refractivity contribution is 0.106. The molecule has 6 heteroatoms. The molecule has 0 saturated carbocycles. The second-order valence-electron chi connectivity index (χ2n) is 6.14. The molecular weight excluding hydrogens is 268 g/mol. The van der Waals surface area contributed by atoms with E-state index in [4.69, 9.17) is 9.26 Å². The van der Waals surface area contributed by atoms with Crippen LogP contribution >= 0.6 is 0 Å². The van der Waals surface area contributed by atoms with Gasteiger partial charge in [-0.1, -0.05) is 12.1 Å². The standard InChI is InChI=1S/C15H26N4O2/c1-3-15-16-14(17-21-15)11-19-10-13(20-2)8-12(19)9-18-6-4-5-7-18/h12-13H,3-11H2,1-2H3/t12-,13-/m0/s1. The first-order valence-corrected chi connectivity index (χ1v) is 8.09. The predicted molar refractivity (Wildman–Crippen MR) is 79.0 cm³/mol. The molecule has 1 aromatic heterocycles. The molecular formula is C15H26N4O2. The quantitative estimate of drug-likeness (QED) is 0.788. The van der Waals surface area contributed by atoms with Crippen molar-refractivity contribution in [2.24, 2.45) is 0 Å². The maximum Gasteiger partial charge on any atom is 0.226 e. The third-order valence-corrected chi connectivity index (χ3v) is 4.65. The number of hydrogen-bond donors (Lipinski definition) is 0. The number of aryl methyl sites for hydroxylation is 1. The molecule has 6 nitrogen and oxygen atoms in total. The van der Waals surface area contributed by atoms with Gasteiger partial charge in [-0.25, -0.2) is 0 Å². The number of methoxy groups -OCH3 is 1. The Balaban J connectivity index is 1.61. The van der Waals surface area contributed by atoms with Crippen molar-refractivity contribution in [1.82, 2.24) is 19.9 Å². The first kappa shape index (κ1) is 14.9. The van der Waals surface area contributed by atoms with Crippen molar-refractivity contribution < 1.29 is 9.26 Å². The van der Waals surface area contributed by atoms with Crippen molar-refractivity contribution >= 4 is 0 Å². The summed E-state index contributed by atoms with van der Waals surface area (Å²) in [5.41, 5.74) is 0. The zero-order valence-electron chi connectivity index (χ0n) is 13.1. The van der Waals surface area contributed by atoms with Gasteiger partial charge in [0, 0.05) is 32.7 Å². The van der Waals surface area contributed by atoms with Crippen LogP contribution in [0.15, 0.2) is 4.52 Å². The van der Waals surface area contributed by atoms with E-state index in [9.17, 15) is 0 Å². The van der Waals surface area contributed by atoms with Gasteiger partial charge in [-0.05, 0) is 32.4 Å². The molecule has 0 bridgehead atoms. The molecule has 3 heterocycles. The molecule has 21 heavy (non-hydrogen) atoms. The van der Waals surface area contributed by atoms with Crippen LogP contribution in [0.1, 0.15) is 37.9 Å². The minimum Gasteiger partial charge on any atom is -0.380 e. The van der Waals surface area contributed by atoms with Crippen molar-refractivity contribution in [3.05, 3.63) is 11.7 Å². The first-order chi connectivity index (χ1) is 10.3. The average molecular weight is 294 g/mol. The summed E-state index contributed by atoms with van der Waals surface area (Å²) in [6, 6.07) is 0.539.